The predicted octanol–water partition coefficient (Wildman–Crippen LogP) is 8.02. The molecule has 0 aliphatic rings. The van der Waals surface area contributed by atoms with Gasteiger partial charge in [0.05, 0.1) is 6.54 Å². The lowest BCUT2D eigenvalue weighted by Crippen LogP contribution is -2.33. The van der Waals surface area contributed by atoms with Gasteiger partial charge in [-0.05, 0) is 52.9 Å². The molecule has 0 N–H and O–H groups in total. The summed E-state index contributed by atoms with van der Waals surface area (Å²) in [6, 6.07) is 34.6. The Kier molecular flexibility index (Phi) is 9.91. The lowest BCUT2D eigenvalue weighted by atomic mass is 10.1. The largest absolute Gasteiger partial charge is 0.333 e. The molecule has 0 radical (unpaired) electrons. The molecule has 4 nitrogen and oxygen atoms in total. The maximum atomic E-state index is 13.7. The van der Waals surface area contributed by atoms with Crippen molar-refractivity contribution in [2.24, 2.45) is 0 Å². The summed E-state index contributed by atoms with van der Waals surface area (Å²) in [7, 11) is 0. The van der Waals surface area contributed by atoms with E-state index in [-0.39, 0.29) is 11.7 Å². The van der Waals surface area contributed by atoms with Crippen LogP contribution in [0.5, 0.6) is 0 Å². The molecule has 1 aromatic heterocycles. The molecule has 1 heterocycles. The molecular formula is C34H31ClFN3OS. The number of halogens is 2. The number of thiazole rings is 1. The van der Waals surface area contributed by atoms with Gasteiger partial charge >= 0.3 is 0 Å². The minimum Gasteiger partial charge on any atom is -0.333 e. The van der Waals surface area contributed by atoms with Crippen LogP contribution in [0.2, 0.25) is 5.02 Å². The molecule has 0 fully saturated rings. The second-order valence-corrected chi connectivity index (χ2v) is 11.4. The fourth-order valence-electron chi connectivity index (χ4n) is 4.66. The van der Waals surface area contributed by atoms with Gasteiger partial charge in [-0.1, -0.05) is 96.5 Å². The maximum Gasteiger partial charge on any atom is 0.273 e. The monoisotopic (exact) mass is 583 g/mol. The molecule has 1 amide bonds. The van der Waals surface area contributed by atoms with Gasteiger partial charge in [0.25, 0.3) is 5.91 Å². The average molecular weight is 584 g/mol. The molecule has 0 bridgehead atoms. The molecule has 0 spiro atoms. The highest BCUT2D eigenvalue weighted by Crippen LogP contribution is 2.20. The zero-order chi connectivity index (χ0) is 28.4. The zero-order valence-corrected chi connectivity index (χ0v) is 24.2. The molecule has 5 aromatic rings. The average Bonchev–Trinajstić information content (AvgIpc) is 3.47. The van der Waals surface area contributed by atoms with Crippen LogP contribution < -0.4 is 0 Å². The topological polar surface area (TPSA) is 36.4 Å². The van der Waals surface area contributed by atoms with Crippen LogP contribution in [-0.2, 0) is 32.6 Å². The fraction of sp³-hybridized carbons (Fsp3) is 0.176. The van der Waals surface area contributed by atoms with Gasteiger partial charge in [-0.2, -0.15) is 0 Å². The summed E-state index contributed by atoms with van der Waals surface area (Å²) in [5.41, 5.74) is 4.85. The minimum atomic E-state index is -0.256. The Morgan fingerprint density at radius 2 is 1.27 bits per heavy atom. The third-order valence-corrected chi connectivity index (χ3v) is 7.87. The number of hydrogen-bond donors (Lipinski definition) is 0. The predicted molar refractivity (Wildman–Crippen MR) is 164 cm³/mol. The SMILES string of the molecule is O=C(c1csc(CN(Cc2ccc(F)cc2)Cc2ccc(Cl)cc2)n1)N(CCc1ccccc1)Cc1ccccc1. The van der Waals surface area contributed by atoms with E-state index >= 15 is 0 Å². The van der Waals surface area contributed by atoms with E-state index in [1.807, 2.05) is 83.1 Å². The van der Waals surface area contributed by atoms with E-state index in [4.69, 9.17) is 16.6 Å². The molecule has 41 heavy (non-hydrogen) atoms. The molecule has 7 heteroatoms. The zero-order valence-electron chi connectivity index (χ0n) is 22.6. The Hall–Kier alpha value is -3.84. The molecule has 0 atom stereocenters. The summed E-state index contributed by atoms with van der Waals surface area (Å²) >= 11 is 7.58. The van der Waals surface area contributed by atoms with Crippen LogP contribution in [0.15, 0.2) is 115 Å². The van der Waals surface area contributed by atoms with Gasteiger partial charge in [-0.3, -0.25) is 9.69 Å². The molecule has 4 aromatic carbocycles. The van der Waals surface area contributed by atoms with Crippen molar-refractivity contribution in [3.8, 4) is 0 Å². The summed E-state index contributed by atoms with van der Waals surface area (Å²) in [6.07, 6.45) is 0.767. The molecule has 0 aliphatic heterocycles. The lowest BCUT2D eigenvalue weighted by molar-refractivity contribution is 0.0739. The van der Waals surface area contributed by atoms with Gasteiger partial charge < -0.3 is 4.90 Å². The first kappa shape index (κ1) is 28.7. The van der Waals surface area contributed by atoms with Gasteiger partial charge in [0.1, 0.15) is 16.5 Å². The molecule has 0 unspecified atom stereocenters. The van der Waals surface area contributed by atoms with E-state index in [2.05, 4.69) is 17.0 Å². The minimum absolute atomic E-state index is 0.0740. The Balaban J connectivity index is 1.32. The van der Waals surface area contributed by atoms with Crippen LogP contribution in [0.4, 0.5) is 4.39 Å². The van der Waals surface area contributed by atoms with Gasteiger partial charge in [0.15, 0.2) is 0 Å². The smallest absolute Gasteiger partial charge is 0.273 e. The standard InChI is InChI=1S/C34H31ClFN3OS/c35-30-15-11-28(12-16-30)21-38(22-29-13-17-31(36)18-14-29)24-33-37-32(25-41-33)34(40)39(23-27-9-5-2-6-10-27)20-19-26-7-3-1-4-8-26/h1-18,25H,19-24H2. The first-order valence-electron chi connectivity index (χ1n) is 13.5. The van der Waals surface area contributed by atoms with E-state index in [0.29, 0.717) is 43.4 Å². The summed E-state index contributed by atoms with van der Waals surface area (Å²) in [6.45, 7) is 2.95. The maximum absolute atomic E-state index is 13.7. The van der Waals surface area contributed by atoms with Crippen molar-refractivity contribution in [3.05, 3.63) is 158 Å². The summed E-state index contributed by atoms with van der Waals surface area (Å²) in [5.74, 6) is -0.330. The Labute approximate surface area is 249 Å². The van der Waals surface area contributed by atoms with E-state index in [9.17, 15) is 9.18 Å². The number of nitrogens with zero attached hydrogens (tertiary/aromatic N) is 3. The Morgan fingerprint density at radius 3 is 1.90 bits per heavy atom. The Morgan fingerprint density at radius 1 is 0.707 bits per heavy atom. The number of hydrogen-bond acceptors (Lipinski definition) is 4. The van der Waals surface area contributed by atoms with Crippen molar-refractivity contribution in [1.29, 1.82) is 0 Å². The number of rotatable bonds is 12. The molecule has 0 saturated carbocycles. The molecule has 208 valence electrons. The number of amides is 1. The lowest BCUT2D eigenvalue weighted by Gasteiger charge is -2.23. The summed E-state index contributed by atoms with van der Waals surface area (Å²) < 4.78 is 13.5. The van der Waals surface area contributed by atoms with Crippen LogP contribution in [0.3, 0.4) is 0 Å². The van der Waals surface area contributed by atoms with Crippen LogP contribution in [0.25, 0.3) is 0 Å². The van der Waals surface area contributed by atoms with Gasteiger partial charge in [0, 0.05) is 36.6 Å². The van der Waals surface area contributed by atoms with E-state index in [0.717, 1.165) is 28.1 Å². The summed E-state index contributed by atoms with van der Waals surface area (Å²) in [5, 5.41) is 3.40. The number of aromatic nitrogens is 1. The molecular weight excluding hydrogens is 553 g/mol. The van der Waals surface area contributed by atoms with Crippen molar-refractivity contribution in [1.82, 2.24) is 14.8 Å². The summed E-state index contributed by atoms with van der Waals surface area (Å²) in [4.78, 5) is 22.6. The highest BCUT2D eigenvalue weighted by molar-refractivity contribution is 7.09. The van der Waals surface area contributed by atoms with E-state index in [1.54, 1.807) is 12.1 Å². The Bertz CT molecular complexity index is 1480. The normalized spacial score (nSPS) is 11.1. The molecule has 0 saturated heterocycles. The van der Waals surface area contributed by atoms with Crippen molar-refractivity contribution in [3.63, 3.8) is 0 Å². The van der Waals surface area contributed by atoms with Crippen LogP contribution in [0, 0.1) is 5.82 Å². The van der Waals surface area contributed by atoms with Crippen molar-refractivity contribution < 1.29 is 9.18 Å². The first-order valence-corrected chi connectivity index (χ1v) is 14.8. The molecule has 0 aliphatic carbocycles. The van der Waals surface area contributed by atoms with E-state index in [1.165, 1.54) is 29.0 Å². The third-order valence-electron chi connectivity index (χ3n) is 6.79. The van der Waals surface area contributed by atoms with Gasteiger partial charge in [0.2, 0.25) is 0 Å². The van der Waals surface area contributed by atoms with Crippen LogP contribution in [0.1, 0.15) is 37.7 Å². The second-order valence-electron chi connectivity index (χ2n) is 9.97. The number of carbonyl (C=O) groups is 1. The molecule has 5 rings (SSSR count). The van der Waals surface area contributed by atoms with Gasteiger partial charge in [-0.25, -0.2) is 9.37 Å². The third kappa shape index (κ3) is 8.57. The van der Waals surface area contributed by atoms with Crippen molar-refractivity contribution in [2.75, 3.05) is 6.54 Å². The van der Waals surface area contributed by atoms with E-state index < -0.39 is 0 Å². The van der Waals surface area contributed by atoms with Gasteiger partial charge in [-0.15, -0.1) is 11.3 Å². The highest BCUT2D eigenvalue weighted by Gasteiger charge is 2.20. The number of benzene rings is 4. The van der Waals surface area contributed by atoms with Crippen molar-refractivity contribution in [2.45, 2.75) is 32.6 Å². The quantitative estimate of drug-likeness (QED) is 0.149. The van der Waals surface area contributed by atoms with Crippen LogP contribution in [-0.4, -0.2) is 27.2 Å². The second kappa shape index (κ2) is 14.2. The highest BCUT2D eigenvalue weighted by atomic mass is 35.5. The first-order chi connectivity index (χ1) is 20.0. The number of carbonyl (C=O) groups excluding carboxylic acids is 1. The fourth-order valence-corrected chi connectivity index (χ4v) is 5.60. The van der Waals surface area contributed by atoms with Crippen LogP contribution >= 0.6 is 22.9 Å². The van der Waals surface area contributed by atoms with Crippen molar-refractivity contribution >= 4 is 28.8 Å².